The van der Waals surface area contributed by atoms with Crippen molar-refractivity contribution in [2.24, 2.45) is 0 Å². The fourth-order valence-electron chi connectivity index (χ4n) is 0.564. The molecule has 0 spiro atoms. The van der Waals surface area contributed by atoms with Crippen molar-refractivity contribution in [3.05, 3.63) is 0 Å². The normalized spacial score (nSPS) is 13.9. The molecule has 72 valence electrons. The third-order valence-electron chi connectivity index (χ3n) is 1.46. The van der Waals surface area contributed by atoms with Gasteiger partial charge >= 0.3 is 16.2 Å². The first-order valence-electron chi connectivity index (χ1n) is 3.38. The summed E-state index contributed by atoms with van der Waals surface area (Å²) in [5, 5.41) is -1.14. The summed E-state index contributed by atoms with van der Waals surface area (Å²) in [5.74, 6) is -0.537. The average Bonchev–Trinajstić information content (AvgIpc) is 1.97. The highest BCUT2D eigenvalue weighted by molar-refractivity contribution is 7.86. The second kappa shape index (κ2) is 4.39. The van der Waals surface area contributed by atoms with Gasteiger partial charge in [-0.15, -0.1) is 3.89 Å². The first kappa shape index (κ1) is 11.4. The van der Waals surface area contributed by atoms with Crippen LogP contribution in [0.4, 0.5) is 3.89 Å². The van der Waals surface area contributed by atoms with Gasteiger partial charge in [0, 0.05) is 6.42 Å². The van der Waals surface area contributed by atoms with Crippen LogP contribution in [0.15, 0.2) is 0 Å². The lowest BCUT2D eigenvalue weighted by atomic mass is 10.2. The molecule has 4 nitrogen and oxygen atoms in total. The molecule has 0 aromatic rings. The summed E-state index contributed by atoms with van der Waals surface area (Å²) < 4.78 is 36.8. The summed E-state index contributed by atoms with van der Waals surface area (Å²) in [6, 6.07) is 0. The van der Waals surface area contributed by atoms with Crippen molar-refractivity contribution in [2.75, 3.05) is 7.11 Å². The van der Waals surface area contributed by atoms with Gasteiger partial charge in [-0.05, 0) is 13.3 Å². The summed E-state index contributed by atoms with van der Waals surface area (Å²) >= 11 is 0. The van der Waals surface area contributed by atoms with E-state index < -0.39 is 21.4 Å². The van der Waals surface area contributed by atoms with Gasteiger partial charge in [0.25, 0.3) is 0 Å². The van der Waals surface area contributed by atoms with Gasteiger partial charge in [-0.2, -0.15) is 8.42 Å². The van der Waals surface area contributed by atoms with Crippen LogP contribution in [-0.2, 0) is 19.8 Å². The molecule has 0 rings (SSSR count). The van der Waals surface area contributed by atoms with E-state index in [1.807, 2.05) is 0 Å². The number of hydrogen-bond acceptors (Lipinski definition) is 4. The Bertz CT molecular complexity index is 246. The summed E-state index contributed by atoms with van der Waals surface area (Å²) in [6.45, 7) is 1.21. The first-order chi connectivity index (χ1) is 5.38. The van der Waals surface area contributed by atoms with Gasteiger partial charge in [-0.3, -0.25) is 4.79 Å². The SMILES string of the molecule is COC(=O)CCC(C)S(=O)(=O)F. The molecule has 0 amide bonds. The maximum atomic E-state index is 12.2. The third kappa shape index (κ3) is 4.27. The molecule has 0 aliphatic heterocycles. The van der Waals surface area contributed by atoms with Gasteiger partial charge in [0.05, 0.1) is 12.4 Å². The maximum Gasteiger partial charge on any atom is 0.305 e. The molecule has 0 fully saturated rings. The Labute approximate surface area is 70.9 Å². The van der Waals surface area contributed by atoms with E-state index in [1.54, 1.807) is 0 Å². The zero-order valence-electron chi connectivity index (χ0n) is 6.91. The molecule has 0 aromatic heterocycles. The van der Waals surface area contributed by atoms with Crippen LogP contribution in [0.2, 0.25) is 0 Å². The highest BCUT2D eigenvalue weighted by Crippen LogP contribution is 2.09. The van der Waals surface area contributed by atoms with E-state index in [0.717, 1.165) is 0 Å². The number of ether oxygens (including phenoxy) is 1. The van der Waals surface area contributed by atoms with Crippen molar-refractivity contribution in [3.63, 3.8) is 0 Å². The fraction of sp³-hybridized carbons (Fsp3) is 0.833. The summed E-state index contributed by atoms with van der Waals surface area (Å²) in [7, 11) is -3.32. The molecular weight excluding hydrogens is 187 g/mol. The number of hydrogen-bond donors (Lipinski definition) is 0. The van der Waals surface area contributed by atoms with Crippen molar-refractivity contribution in [1.82, 2.24) is 0 Å². The van der Waals surface area contributed by atoms with Crippen molar-refractivity contribution < 1.29 is 21.8 Å². The van der Waals surface area contributed by atoms with Gasteiger partial charge in [-0.1, -0.05) is 0 Å². The van der Waals surface area contributed by atoms with Gasteiger partial charge < -0.3 is 4.74 Å². The Kier molecular flexibility index (Phi) is 4.16. The highest BCUT2D eigenvalue weighted by atomic mass is 32.3. The monoisotopic (exact) mass is 198 g/mol. The van der Waals surface area contributed by atoms with Crippen LogP contribution in [0.25, 0.3) is 0 Å². The van der Waals surface area contributed by atoms with E-state index in [9.17, 15) is 17.1 Å². The van der Waals surface area contributed by atoms with E-state index in [4.69, 9.17) is 0 Å². The van der Waals surface area contributed by atoms with E-state index in [1.165, 1.54) is 14.0 Å². The first-order valence-corrected chi connectivity index (χ1v) is 4.83. The van der Waals surface area contributed by atoms with Crippen molar-refractivity contribution >= 4 is 16.2 Å². The lowest BCUT2D eigenvalue weighted by molar-refractivity contribution is -0.140. The number of carbonyl (C=O) groups is 1. The minimum atomic E-state index is -4.51. The zero-order valence-corrected chi connectivity index (χ0v) is 7.73. The molecule has 12 heavy (non-hydrogen) atoms. The van der Waals surface area contributed by atoms with Crippen molar-refractivity contribution in [2.45, 2.75) is 25.0 Å². The molecule has 0 bridgehead atoms. The molecule has 0 N–H and O–H groups in total. The summed E-state index contributed by atoms with van der Waals surface area (Å²) in [5.41, 5.74) is 0. The summed E-state index contributed by atoms with van der Waals surface area (Å²) in [6.07, 6.45) is -0.133. The second-order valence-electron chi connectivity index (χ2n) is 2.40. The third-order valence-corrected chi connectivity index (χ3v) is 2.66. The van der Waals surface area contributed by atoms with Gasteiger partial charge in [-0.25, -0.2) is 0 Å². The number of halogens is 1. The molecule has 0 aliphatic rings. The predicted molar refractivity (Wildman–Crippen MR) is 40.7 cm³/mol. The largest absolute Gasteiger partial charge is 0.469 e. The molecule has 6 heteroatoms. The maximum absolute atomic E-state index is 12.2. The molecular formula is C6H11FO4S. The molecule has 0 aromatic carbocycles. The average molecular weight is 198 g/mol. The van der Waals surface area contributed by atoms with Crippen molar-refractivity contribution in [3.8, 4) is 0 Å². The van der Waals surface area contributed by atoms with Crippen LogP contribution in [0.5, 0.6) is 0 Å². The standard InChI is InChI=1S/C6H11FO4S/c1-5(12(7,9)10)3-4-6(8)11-2/h5H,3-4H2,1-2H3. The van der Waals surface area contributed by atoms with Crippen LogP contribution < -0.4 is 0 Å². The Morgan fingerprint density at radius 2 is 2.08 bits per heavy atom. The topological polar surface area (TPSA) is 60.4 Å². The lowest BCUT2D eigenvalue weighted by Crippen LogP contribution is -2.14. The van der Waals surface area contributed by atoms with Crippen molar-refractivity contribution in [1.29, 1.82) is 0 Å². The second-order valence-corrected chi connectivity index (χ2v) is 4.16. The van der Waals surface area contributed by atoms with Gasteiger partial charge in [0.15, 0.2) is 0 Å². The molecule has 0 heterocycles. The Morgan fingerprint density at radius 3 is 2.42 bits per heavy atom. The molecule has 0 saturated heterocycles. The minimum Gasteiger partial charge on any atom is -0.469 e. The fourth-order valence-corrected chi connectivity index (χ4v) is 0.963. The Balaban J connectivity index is 3.88. The van der Waals surface area contributed by atoms with Crippen LogP contribution in [0.1, 0.15) is 19.8 Å². The molecule has 1 atom stereocenters. The highest BCUT2D eigenvalue weighted by Gasteiger charge is 2.20. The van der Waals surface area contributed by atoms with Gasteiger partial charge in [0.1, 0.15) is 0 Å². The minimum absolute atomic E-state index is 0.0501. The number of esters is 1. The Hall–Kier alpha value is -0.650. The number of methoxy groups -OCH3 is 1. The van der Waals surface area contributed by atoms with E-state index in [-0.39, 0.29) is 12.8 Å². The smallest absolute Gasteiger partial charge is 0.305 e. The zero-order chi connectivity index (χ0) is 9.78. The predicted octanol–water partition coefficient (Wildman–Crippen LogP) is 0.627. The van der Waals surface area contributed by atoms with Crippen LogP contribution in [0, 0.1) is 0 Å². The van der Waals surface area contributed by atoms with Crippen LogP contribution in [-0.4, -0.2) is 26.7 Å². The number of rotatable bonds is 4. The molecule has 0 saturated carbocycles. The lowest BCUT2D eigenvalue weighted by Gasteiger charge is -2.04. The van der Waals surface area contributed by atoms with E-state index in [2.05, 4.69) is 4.74 Å². The molecule has 0 radical (unpaired) electrons. The summed E-state index contributed by atoms with van der Waals surface area (Å²) in [4.78, 5) is 10.5. The molecule has 1 unspecified atom stereocenters. The quantitative estimate of drug-likeness (QED) is 0.491. The number of carbonyl (C=O) groups excluding carboxylic acids is 1. The van der Waals surface area contributed by atoms with E-state index in [0.29, 0.717) is 0 Å². The van der Waals surface area contributed by atoms with Gasteiger partial charge in [0.2, 0.25) is 0 Å². The van der Waals surface area contributed by atoms with Crippen LogP contribution >= 0.6 is 0 Å². The Morgan fingerprint density at radius 1 is 1.58 bits per heavy atom. The van der Waals surface area contributed by atoms with E-state index >= 15 is 0 Å². The van der Waals surface area contributed by atoms with Crippen LogP contribution in [0.3, 0.4) is 0 Å². The molecule has 0 aliphatic carbocycles.